The van der Waals surface area contributed by atoms with Crippen LogP contribution < -0.4 is 5.32 Å². The number of thiazole rings is 1. The van der Waals surface area contributed by atoms with Gasteiger partial charge in [0.15, 0.2) is 0 Å². The summed E-state index contributed by atoms with van der Waals surface area (Å²) < 4.78 is 5.72. The van der Waals surface area contributed by atoms with Crippen LogP contribution in [-0.2, 0) is 11.2 Å². The monoisotopic (exact) mass is 254 g/mol. The molecule has 1 atom stereocenters. The maximum Gasteiger partial charge on any atom is 0.0797 e. The van der Waals surface area contributed by atoms with Gasteiger partial charge >= 0.3 is 0 Å². The maximum atomic E-state index is 5.72. The number of ether oxygens (including phenoxy) is 1. The van der Waals surface area contributed by atoms with Crippen LogP contribution in [0.25, 0.3) is 0 Å². The standard InChI is InChI=1S/C13H22N2OS/c1-10-12(17-9-15-10)4-6-14-11-5-7-16-13(2,3)8-11/h9,11,14H,4-8H2,1-3H3. The van der Waals surface area contributed by atoms with Crippen molar-refractivity contribution >= 4 is 11.3 Å². The van der Waals surface area contributed by atoms with Crippen LogP contribution in [0, 0.1) is 6.92 Å². The molecule has 17 heavy (non-hydrogen) atoms. The molecule has 96 valence electrons. The molecule has 0 aliphatic carbocycles. The largest absolute Gasteiger partial charge is 0.375 e. The van der Waals surface area contributed by atoms with E-state index in [4.69, 9.17) is 4.74 Å². The highest BCUT2D eigenvalue weighted by Crippen LogP contribution is 2.23. The fraction of sp³-hybridized carbons (Fsp3) is 0.769. The molecule has 1 aliphatic heterocycles. The number of aryl methyl sites for hydroxylation is 1. The van der Waals surface area contributed by atoms with E-state index < -0.39 is 0 Å². The first-order valence-corrected chi connectivity index (χ1v) is 7.21. The van der Waals surface area contributed by atoms with Gasteiger partial charge in [0.2, 0.25) is 0 Å². The van der Waals surface area contributed by atoms with E-state index in [1.807, 2.05) is 5.51 Å². The molecule has 1 saturated heterocycles. The molecule has 1 aromatic heterocycles. The summed E-state index contributed by atoms with van der Waals surface area (Å²) in [6.45, 7) is 8.36. The average molecular weight is 254 g/mol. The third-order valence-corrected chi connectivity index (χ3v) is 4.32. The smallest absolute Gasteiger partial charge is 0.0797 e. The Balaban J connectivity index is 1.74. The zero-order valence-electron chi connectivity index (χ0n) is 11.0. The molecule has 1 aliphatic rings. The van der Waals surface area contributed by atoms with Crippen LogP contribution >= 0.6 is 11.3 Å². The molecule has 0 spiro atoms. The Hall–Kier alpha value is -0.450. The van der Waals surface area contributed by atoms with Crippen molar-refractivity contribution in [1.29, 1.82) is 0 Å². The van der Waals surface area contributed by atoms with Gasteiger partial charge in [0.05, 0.1) is 16.8 Å². The van der Waals surface area contributed by atoms with E-state index in [1.54, 1.807) is 11.3 Å². The average Bonchev–Trinajstić information content (AvgIpc) is 2.63. The third kappa shape index (κ3) is 3.76. The molecule has 3 nitrogen and oxygen atoms in total. The lowest BCUT2D eigenvalue weighted by Crippen LogP contribution is -2.44. The Morgan fingerprint density at radius 2 is 2.41 bits per heavy atom. The summed E-state index contributed by atoms with van der Waals surface area (Å²) in [6.07, 6.45) is 3.33. The van der Waals surface area contributed by atoms with E-state index >= 15 is 0 Å². The van der Waals surface area contributed by atoms with Gasteiger partial charge in [-0.2, -0.15) is 0 Å². The maximum absolute atomic E-state index is 5.72. The molecule has 0 radical (unpaired) electrons. The molecule has 0 amide bonds. The van der Waals surface area contributed by atoms with Crippen LogP contribution in [0.4, 0.5) is 0 Å². The van der Waals surface area contributed by atoms with E-state index in [2.05, 4.69) is 31.1 Å². The Bertz CT molecular complexity index is 362. The van der Waals surface area contributed by atoms with Crippen LogP contribution in [0.2, 0.25) is 0 Å². The fourth-order valence-electron chi connectivity index (χ4n) is 2.36. The molecule has 2 rings (SSSR count). The van der Waals surface area contributed by atoms with Crippen LogP contribution in [0.3, 0.4) is 0 Å². The van der Waals surface area contributed by atoms with Crippen molar-refractivity contribution in [3.8, 4) is 0 Å². The molecule has 1 aromatic rings. The zero-order valence-corrected chi connectivity index (χ0v) is 11.8. The van der Waals surface area contributed by atoms with Crippen LogP contribution in [0.15, 0.2) is 5.51 Å². The first kappa shape index (κ1) is 13.0. The first-order valence-electron chi connectivity index (χ1n) is 6.33. The van der Waals surface area contributed by atoms with Gasteiger partial charge in [-0.1, -0.05) is 0 Å². The topological polar surface area (TPSA) is 34.2 Å². The van der Waals surface area contributed by atoms with E-state index in [1.165, 1.54) is 10.6 Å². The molecule has 2 heterocycles. The van der Waals surface area contributed by atoms with Gasteiger partial charge in [-0.25, -0.2) is 4.98 Å². The Morgan fingerprint density at radius 1 is 1.59 bits per heavy atom. The Morgan fingerprint density at radius 3 is 3.06 bits per heavy atom. The minimum Gasteiger partial charge on any atom is -0.375 e. The SMILES string of the molecule is Cc1ncsc1CCNC1CCOC(C)(C)C1. The normalized spacial score (nSPS) is 23.8. The van der Waals surface area contributed by atoms with E-state index in [-0.39, 0.29) is 5.60 Å². The van der Waals surface area contributed by atoms with Gasteiger partial charge in [-0.15, -0.1) is 11.3 Å². The van der Waals surface area contributed by atoms with Crippen LogP contribution in [0.5, 0.6) is 0 Å². The molecule has 1 unspecified atom stereocenters. The van der Waals surface area contributed by atoms with Crippen molar-refractivity contribution in [2.75, 3.05) is 13.2 Å². The molecule has 0 aromatic carbocycles. The lowest BCUT2D eigenvalue weighted by Gasteiger charge is -2.36. The second-order valence-electron chi connectivity index (χ2n) is 5.36. The molecule has 0 bridgehead atoms. The van der Waals surface area contributed by atoms with Crippen molar-refractivity contribution < 1.29 is 4.74 Å². The number of hydrogen-bond acceptors (Lipinski definition) is 4. The number of rotatable bonds is 4. The Labute approximate surface area is 108 Å². The lowest BCUT2D eigenvalue weighted by atomic mass is 9.94. The summed E-state index contributed by atoms with van der Waals surface area (Å²) in [5, 5.41) is 3.64. The third-order valence-electron chi connectivity index (χ3n) is 3.33. The second kappa shape index (κ2) is 5.46. The van der Waals surface area contributed by atoms with Crippen LogP contribution in [0.1, 0.15) is 37.3 Å². The minimum absolute atomic E-state index is 0.0380. The quantitative estimate of drug-likeness (QED) is 0.896. The van der Waals surface area contributed by atoms with Crippen molar-refractivity contribution in [3.05, 3.63) is 16.1 Å². The van der Waals surface area contributed by atoms with Gasteiger partial charge in [0, 0.05) is 24.1 Å². The Kier molecular flexibility index (Phi) is 4.17. The lowest BCUT2D eigenvalue weighted by molar-refractivity contribution is -0.0627. The van der Waals surface area contributed by atoms with Gasteiger partial charge in [-0.3, -0.25) is 0 Å². The number of aromatic nitrogens is 1. The second-order valence-corrected chi connectivity index (χ2v) is 6.30. The highest BCUT2D eigenvalue weighted by atomic mass is 32.1. The predicted molar refractivity (Wildman–Crippen MR) is 71.6 cm³/mol. The summed E-state index contributed by atoms with van der Waals surface area (Å²) >= 11 is 1.76. The van der Waals surface area contributed by atoms with E-state index in [0.717, 1.165) is 32.4 Å². The van der Waals surface area contributed by atoms with Crippen molar-refractivity contribution in [2.24, 2.45) is 0 Å². The van der Waals surface area contributed by atoms with E-state index in [9.17, 15) is 0 Å². The van der Waals surface area contributed by atoms with Crippen LogP contribution in [-0.4, -0.2) is 29.8 Å². The first-order chi connectivity index (χ1) is 8.07. The van der Waals surface area contributed by atoms with Gasteiger partial charge in [0.25, 0.3) is 0 Å². The summed E-state index contributed by atoms with van der Waals surface area (Å²) in [5.41, 5.74) is 3.16. The minimum atomic E-state index is 0.0380. The van der Waals surface area contributed by atoms with Crippen molar-refractivity contribution in [1.82, 2.24) is 10.3 Å². The molecule has 1 fully saturated rings. The van der Waals surface area contributed by atoms with Crippen molar-refractivity contribution in [3.63, 3.8) is 0 Å². The number of hydrogen-bond donors (Lipinski definition) is 1. The predicted octanol–water partition coefficient (Wildman–Crippen LogP) is 2.54. The number of nitrogens with one attached hydrogen (secondary N) is 1. The fourth-order valence-corrected chi connectivity index (χ4v) is 3.14. The highest BCUT2D eigenvalue weighted by Gasteiger charge is 2.28. The summed E-state index contributed by atoms with van der Waals surface area (Å²) in [4.78, 5) is 5.68. The highest BCUT2D eigenvalue weighted by molar-refractivity contribution is 7.09. The van der Waals surface area contributed by atoms with E-state index in [0.29, 0.717) is 6.04 Å². The zero-order chi connectivity index (χ0) is 12.3. The molecular weight excluding hydrogens is 232 g/mol. The molecule has 4 heteroatoms. The summed E-state index contributed by atoms with van der Waals surface area (Å²) in [6, 6.07) is 0.604. The van der Waals surface area contributed by atoms with Gasteiger partial charge < -0.3 is 10.1 Å². The molecule has 1 N–H and O–H groups in total. The van der Waals surface area contributed by atoms with Gasteiger partial charge in [-0.05, 0) is 40.0 Å². The van der Waals surface area contributed by atoms with Crippen molar-refractivity contribution in [2.45, 2.75) is 51.7 Å². The molecular formula is C13H22N2OS. The summed E-state index contributed by atoms with van der Waals surface area (Å²) in [7, 11) is 0. The van der Waals surface area contributed by atoms with Gasteiger partial charge in [0.1, 0.15) is 0 Å². The summed E-state index contributed by atoms with van der Waals surface area (Å²) in [5.74, 6) is 0. The molecule has 0 saturated carbocycles. The number of nitrogens with zero attached hydrogens (tertiary/aromatic N) is 1.